The third-order valence-corrected chi connectivity index (χ3v) is 5.00. The van der Waals surface area contributed by atoms with Gasteiger partial charge in [0.05, 0.1) is 6.61 Å². The zero-order valence-electron chi connectivity index (χ0n) is 15.6. The molecule has 1 saturated heterocycles. The number of ether oxygens (including phenoxy) is 1. The number of amides is 3. The number of hydrogen-bond donors (Lipinski definition) is 1. The summed E-state index contributed by atoms with van der Waals surface area (Å²) in [5.41, 5.74) is 0. The van der Waals surface area contributed by atoms with Crippen LogP contribution in [0.25, 0.3) is 0 Å². The number of nitrogens with one attached hydrogen (secondary N) is 1. The first kappa shape index (κ1) is 19.5. The molecule has 0 atom stereocenters. The quantitative estimate of drug-likeness (QED) is 0.833. The molecule has 0 aromatic heterocycles. The number of piperazine rings is 1. The molecule has 25 heavy (non-hydrogen) atoms. The zero-order valence-corrected chi connectivity index (χ0v) is 15.6. The van der Waals surface area contributed by atoms with Gasteiger partial charge in [0.2, 0.25) is 11.8 Å². The highest BCUT2D eigenvalue weighted by Crippen LogP contribution is 2.30. The molecule has 2 aliphatic rings. The van der Waals surface area contributed by atoms with Crippen LogP contribution >= 0.6 is 0 Å². The van der Waals surface area contributed by atoms with E-state index < -0.39 is 0 Å². The van der Waals surface area contributed by atoms with E-state index in [0.29, 0.717) is 32.8 Å². The summed E-state index contributed by atoms with van der Waals surface area (Å²) in [5.74, 6) is 0.333. The molecule has 1 heterocycles. The molecule has 1 saturated carbocycles. The van der Waals surface area contributed by atoms with Crippen molar-refractivity contribution in [2.75, 3.05) is 32.8 Å². The number of carbonyl (C=O) groups is 3. The minimum absolute atomic E-state index is 0.0113. The minimum atomic E-state index is -0.300. The van der Waals surface area contributed by atoms with E-state index in [2.05, 4.69) is 5.32 Å². The van der Waals surface area contributed by atoms with Gasteiger partial charge < -0.3 is 19.9 Å². The third-order valence-electron chi connectivity index (χ3n) is 5.00. The van der Waals surface area contributed by atoms with Gasteiger partial charge in [-0.15, -0.1) is 0 Å². The monoisotopic (exact) mass is 353 g/mol. The van der Waals surface area contributed by atoms with Crippen molar-refractivity contribution in [2.45, 2.75) is 52.5 Å². The Balaban J connectivity index is 1.76. The van der Waals surface area contributed by atoms with E-state index in [1.807, 2.05) is 18.7 Å². The maximum atomic E-state index is 12.7. The molecular formula is C18H31N3O4. The van der Waals surface area contributed by atoms with Gasteiger partial charge >= 0.3 is 6.09 Å². The molecule has 7 heteroatoms. The van der Waals surface area contributed by atoms with Crippen molar-refractivity contribution in [3.63, 3.8) is 0 Å². The summed E-state index contributed by atoms with van der Waals surface area (Å²) >= 11 is 0. The summed E-state index contributed by atoms with van der Waals surface area (Å²) in [7, 11) is 0. The molecule has 0 radical (unpaired) electrons. The second-order valence-electron chi connectivity index (χ2n) is 7.22. The van der Waals surface area contributed by atoms with Crippen LogP contribution in [0.5, 0.6) is 0 Å². The Morgan fingerprint density at radius 2 is 1.48 bits per heavy atom. The van der Waals surface area contributed by atoms with Crippen molar-refractivity contribution in [3.05, 3.63) is 0 Å². The molecule has 0 bridgehead atoms. The summed E-state index contributed by atoms with van der Waals surface area (Å²) in [4.78, 5) is 40.0. The van der Waals surface area contributed by atoms with Gasteiger partial charge in [0.15, 0.2) is 0 Å². The SMILES string of the molecule is CCOC(=O)N1CCN(C(=O)C2CCC(C(=O)NC(C)C)CC2)CC1. The maximum Gasteiger partial charge on any atom is 0.409 e. The molecule has 7 nitrogen and oxygen atoms in total. The third kappa shape index (κ3) is 5.34. The van der Waals surface area contributed by atoms with Gasteiger partial charge in [0, 0.05) is 44.1 Å². The van der Waals surface area contributed by atoms with Crippen molar-refractivity contribution in [2.24, 2.45) is 11.8 Å². The van der Waals surface area contributed by atoms with Crippen LogP contribution in [-0.4, -0.2) is 66.5 Å². The van der Waals surface area contributed by atoms with Gasteiger partial charge in [0.1, 0.15) is 0 Å². The topological polar surface area (TPSA) is 79.0 Å². The molecule has 2 rings (SSSR count). The van der Waals surface area contributed by atoms with Crippen molar-refractivity contribution in [1.82, 2.24) is 15.1 Å². The Morgan fingerprint density at radius 3 is 2.00 bits per heavy atom. The van der Waals surface area contributed by atoms with Crippen LogP contribution in [0.4, 0.5) is 4.79 Å². The van der Waals surface area contributed by atoms with Gasteiger partial charge in [-0.3, -0.25) is 9.59 Å². The second kappa shape index (κ2) is 9.06. The summed E-state index contributed by atoms with van der Waals surface area (Å²) in [6.07, 6.45) is 2.79. The lowest BCUT2D eigenvalue weighted by Gasteiger charge is -2.37. The number of rotatable bonds is 4. The number of hydrogen-bond acceptors (Lipinski definition) is 4. The lowest BCUT2D eigenvalue weighted by atomic mass is 9.80. The maximum absolute atomic E-state index is 12.7. The second-order valence-corrected chi connectivity index (χ2v) is 7.22. The van der Waals surface area contributed by atoms with E-state index in [4.69, 9.17) is 4.74 Å². The fraction of sp³-hybridized carbons (Fsp3) is 0.833. The van der Waals surface area contributed by atoms with Gasteiger partial charge in [-0.2, -0.15) is 0 Å². The van der Waals surface area contributed by atoms with Gasteiger partial charge in [0.25, 0.3) is 0 Å². The average molecular weight is 353 g/mol. The highest BCUT2D eigenvalue weighted by molar-refractivity contribution is 5.81. The van der Waals surface area contributed by atoms with Crippen molar-refractivity contribution < 1.29 is 19.1 Å². The Hall–Kier alpha value is -1.79. The van der Waals surface area contributed by atoms with E-state index in [0.717, 1.165) is 25.7 Å². The number of nitrogens with zero attached hydrogens (tertiary/aromatic N) is 2. The van der Waals surface area contributed by atoms with Crippen molar-refractivity contribution in [3.8, 4) is 0 Å². The Labute approximate surface area is 150 Å². The van der Waals surface area contributed by atoms with E-state index >= 15 is 0 Å². The lowest BCUT2D eigenvalue weighted by molar-refractivity contribution is -0.139. The molecule has 1 aliphatic carbocycles. The van der Waals surface area contributed by atoms with Crippen LogP contribution < -0.4 is 5.32 Å². The van der Waals surface area contributed by atoms with E-state index in [9.17, 15) is 14.4 Å². The van der Waals surface area contributed by atoms with Crippen LogP contribution in [0.1, 0.15) is 46.5 Å². The van der Waals surface area contributed by atoms with Crippen LogP contribution in [0.2, 0.25) is 0 Å². The molecule has 0 spiro atoms. The van der Waals surface area contributed by atoms with Gasteiger partial charge in [-0.1, -0.05) is 0 Å². The fourth-order valence-electron chi connectivity index (χ4n) is 3.59. The largest absolute Gasteiger partial charge is 0.450 e. The molecule has 2 fully saturated rings. The van der Waals surface area contributed by atoms with Gasteiger partial charge in [-0.05, 0) is 46.5 Å². The first-order chi connectivity index (χ1) is 11.9. The van der Waals surface area contributed by atoms with E-state index in [-0.39, 0.29) is 35.8 Å². The van der Waals surface area contributed by atoms with Crippen LogP contribution in [0.3, 0.4) is 0 Å². The zero-order chi connectivity index (χ0) is 18.4. The summed E-state index contributed by atoms with van der Waals surface area (Å²) in [6.45, 7) is 8.25. The average Bonchev–Trinajstić information content (AvgIpc) is 2.61. The Kier molecular flexibility index (Phi) is 7.08. The first-order valence-electron chi connectivity index (χ1n) is 9.43. The Bertz CT molecular complexity index is 479. The standard InChI is InChI=1S/C18H31N3O4/c1-4-25-18(24)21-11-9-20(10-12-21)17(23)15-7-5-14(6-8-15)16(22)19-13(2)3/h13-15H,4-12H2,1-3H3,(H,19,22). The predicted molar refractivity (Wildman–Crippen MR) is 93.9 cm³/mol. The molecule has 1 aliphatic heterocycles. The Morgan fingerprint density at radius 1 is 0.960 bits per heavy atom. The fourth-order valence-corrected chi connectivity index (χ4v) is 3.59. The highest BCUT2D eigenvalue weighted by atomic mass is 16.6. The molecular weight excluding hydrogens is 322 g/mol. The smallest absolute Gasteiger partial charge is 0.409 e. The minimum Gasteiger partial charge on any atom is -0.450 e. The molecule has 1 N–H and O–H groups in total. The molecule has 3 amide bonds. The highest BCUT2D eigenvalue weighted by Gasteiger charge is 2.34. The van der Waals surface area contributed by atoms with E-state index in [1.54, 1.807) is 11.8 Å². The van der Waals surface area contributed by atoms with Crippen LogP contribution in [0.15, 0.2) is 0 Å². The first-order valence-corrected chi connectivity index (χ1v) is 9.43. The summed E-state index contributed by atoms with van der Waals surface area (Å²) < 4.78 is 5.00. The van der Waals surface area contributed by atoms with Crippen LogP contribution in [0, 0.1) is 11.8 Å². The predicted octanol–water partition coefficient (Wildman–Crippen LogP) is 1.62. The summed E-state index contributed by atoms with van der Waals surface area (Å²) in [5, 5.41) is 2.96. The van der Waals surface area contributed by atoms with Crippen molar-refractivity contribution >= 4 is 17.9 Å². The normalized spacial score (nSPS) is 24.2. The molecule has 0 unspecified atom stereocenters. The molecule has 0 aromatic rings. The number of carbonyl (C=O) groups excluding carboxylic acids is 3. The molecule has 142 valence electrons. The lowest BCUT2D eigenvalue weighted by Crippen LogP contribution is -2.52. The van der Waals surface area contributed by atoms with Crippen LogP contribution in [-0.2, 0) is 14.3 Å². The molecule has 0 aromatic carbocycles. The van der Waals surface area contributed by atoms with E-state index in [1.165, 1.54) is 0 Å². The van der Waals surface area contributed by atoms with Gasteiger partial charge in [-0.25, -0.2) is 4.79 Å². The van der Waals surface area contributed by atoms with Crippen molar-refractivity contribution in [1.29, 1.82) is 0 Å². The summed E-state index contributed by atoms with van der Waals surface area (Å²) in [6, 6.07) is 0.155.